The highest BCUT2D eigenvalue weighted by molar-refractivity contribution is 9.10. The van der Waals surface area contributed by atoms with Crippen LogP contribution in [0.3, 0.4) is 0 Å². The summed E-state index contributed by atoms with van der Waals surface area (Å²) in [5.74, 6) is -0.384. The molecule has 1 fully saturated rings. The fourth-order valence-electron chi connectivity index (χ4n) is 2.53. The number of benzene rings is 1. The minimum Gasteiger partial charge on any atom is -0.507 e. The van der Waals surface area contributed by atoms with Crippen LogP contribution < -0.4 is 0 Å². The van der Waals surface area contributed by atoms with Gasteiger partial charge in [0.1, 0.15) is 12.0 Å². The molecule has 7 heteroatoms. The molecule has 0 aliphatic carbocycles. The van der Waals surface area contributed by atoms with Crippen molar-refractivity contribution in [2.24, 2.45) is 0 Å². The molecule has 0 spiro atoms. The zero-order chi connectivity index (χ0) is 16.4. The molecule has 2 amide bonds. The number of amides is 2. The molecule has 23 heavy (non-hydrogen) atoms. The van der Waals surface area contributed by atoms with E-state index in [0.717, 1.165) is 4.47 Å². The maximum absolute atomic E-state index is 12.5. The normalized spacial score (nSPS) is 14.8. The average Bonchev–Trinajstić information content (AvgIpc) is 3.10. The number of aromatic hydroxyl groups is 1. The fraction of sp³-hybridized carbons (Fsp3) is 0.250. The summed E-state index contributed by atoms with van der Waals surface area (Å²) < 4.78 is 5.65. The third-order valence-electron chi connectivity index (χ3n) is 3.81. The van der Waals surface area contributed by atoms with E-state index in [1.54, 1.807) is 28.0 Å². The Kier molecular flexibility index (Phi) is 4.38. The SMILES string of the molecule is O=C(c1ccoc1)N1CCN(C(=O)c2cc(Br)ccc2O)CC1. The number of hydrogen-bond acceptors (Lipinski definition) is 4. The van der Waals surface area contributed by atoms with Crippen molar-refractivity contribution in [1.82, 2.24) is 9.80 Å². The number of piperazine rings is 1. The third kappa shape index (κ3) is 3.24. The first kappa shape index (κ1) is 15.6. The summed E-state index contributed by atoms with van der Waals surface area (Å²) in [5.41, 5.74) is 0.767. The Hall–Kier alpha value is -2.28. The lowest BCUT2D eigenvalue weighted by Crippen LogP contribution is -2.50. The van der Waals surface area contributed by atoms with Crippen molar-refractivity contribution in [2.75, 3.05) is 26.2 Å². The Morgan fingerprint density at radius 1 is 1.04 bits per heavy atom. The van der Waals surface area contributed by atoms with Gasteiger partial charge in [0, 0.05) is 30.7 Å². The average molecular weight is 379 g/mol. The molecule has 1 aromatic carbocycles. The number of carbonyl (C=O) groups is 2. The number of phenols is 1. The van der Waals surface area contributed by atoms with Gasteiger partial charge in [0.05, 0.1) is 17.4 Å². The molecule has 1 saturated heterocycles. The zero-order valence-corrected chi connectivity index (χ0v) is 13.8. The van der Waals surface area contributed by atoms with Crippen molar-refractivity contribution in [1.29, 1.82) is 0 Å². The van der Waals surface area contributed by atoms with Gasteiger partial charge in [-0.3, -0.25) is 9.59 Å². The molecule has 0 radical (unpaired) electrons. The Labute approximate surface area is 141 Å². The second-order valence-corrected chi connectivity index (χ2v) is 6.17. The molecule has 120 valence electrons. The highest BCUT2D eigenvalue weighted by Gasteiger charge is 2.27. The summed E-state index contributed by atoms with van der Waals surface area (Å²) in [6.45, 7) is 1.75. The monoisotopic (exact) mass is 378 g/mol. The van der Waals surface area contributed by atoms with Crippen LogP contribution in [0.1, 0.15) is 20.7 Å². The maximum Gasteiger partial charge on any atom is 0.257 e. The number of phenolic OH excluding ortho intramolecular Hbond substituents is 1. The standard InChI is InChI=1S/C16H15BrN2O4/c17-12-1-2-14(20)13(9-12)16(22)19-6-4-18(5-7-19)15(21)11-3-8-23-10-11/h1-3,8-10,20H,4-7H2. The summed E-state index contributed by atoms with van der Waals surface area (Å²) in [6.07, 6.45) is 2.88. The predicted octanol–water partition coefficient (Wildman–Crippen LogP) is 2.35. The fourth-order valence-corrected chi connectivity index (χ4v) is 2.89. The predicted molar refractivity (Wildman–Crippen MR) is 86.3 cm³/mol. The Morgan fingerprint density at radius 3 is 2.30 bits per heavy atom. The smallest absolute Gasteiger partial charge is 0.257 e. The van der Waals surface area contributed by atoms with Crippen LogP contribution in [0.5, 0.6) is 5.75 Å². The summed E-state index contributed by atoms with van der Waals surface area (Å²) >= 11 is 3.30. The summed E-state index contributed by atoms with van der Waals surface area (Å²) in [5, 5.41) is 9.86. The first-order valence-electron chi connectivity index (χ1n) is 7.15. The van der Waals surface area contributed by atoms with Crippen LogP contribution in [0, 0.1) is 0 Å². The first-order valence-corrected chi connectivity index (χ1v) is 7.95. The van der Waals surface area contributed by atoms with Gasteiger partial charge in [0.25, 0.3) is 11.8 Å². The molecule has 0 saturated carbocycles. The molecule has 3 rings (SSSR count). The highest BCUT2D eigenvalue weighted by Crippen LogP contribution is 2.24. The lowest BCUT2D eigenvalue weighted by molar-refractivity contribution is 0.0533. The lowest BCUT2D eigenvalue weighted by atomic mass is 10.1. The van der Waals surface area contributed by atoms with Gasteiger partial charge >= 0.3 is 0 Å². The molecule has 1 aliphatic heterocycles. The van der Waals surface area contributed by atoms with E-state index in [2.05, 4.69) is 15.9 Å². The molecule has 0 unspecified atom stereocenters. The largest absolute Gasteiger partial charge is 0.507 e. The van der Waals surface area contributed by atoms with Crippen LogP contribution in [-0.2, 0) is 0 Å². The van der Waals surface area contributed by atoms with Crippen LogP contribution in [0.25, 0.3) is 0 Å². The molecule has 0 atom stereocenters. The number of furan rings is 1. The minimum absolute atomic E-state index is 0.0462. The topological polar surface area (TPSA) is 74.0 Å². The van der Waals surface area contributed by atoms with Gasteiger partial charge in [-0.2, -0.15) is 0 Å². The van der Waals surface area contributed by atoms with Crippen LogP contribution in [0.4, 0.5) is 0 Å². The van der Waals surface area contributed by atoms with Crippen molar-refractivity contribution in [3.8, 4) is 5.75 Å². The van der Waals surface area contributed by atoms with E-state index in [1.807, 2.05) is 0 Å². The number of carbonyl (C=O) groups excluding carboxylic acids is 2. The quantitative estimate of drug-likeness (QED) is 0.870. The lowest BCUT2D eigenvalue weighted by Gasteiger charge is -2.34. The molecule has 1 N–H and O–H groups in total. The van der Waals surface area contributed by atoms with Crippen LogP contribution >= 0.6 is 15.9 Å². The van der Waals surface area contributed by atoms with Gasteiger partial charge in [-0.15, -0.1) is 0 Å². The molecule has 6 nitrogen and oxygen atoms in total. The van der Waals surface area contributed by atoms with Crippen LogP contribution in [0.15, 0.2) is 45.7 Å². The van der Waals surface area contributed by atoms with Gasteiger partial charge in [-0.1, -0.05) is 15.9 Å². The maximum atomic E-state index is 12.5. The molecule has 1 aromatic heterocycles. The van der Waals surface area contributed by atoms with E-state index in [4.69, 9.17) is 4.42 Å². The minimum atomic E-state index is -0.237. The molecular weight excluding hydrogens is 364 g/mol. The van der Waals surface area contributed by atoms with E-state index in [9.17, 15) is 14.7 Å². The number of hydrogen-bond donors (Lipinski definition) is 1. The summed E-state index contributed by atoms with van der Waals surface area (Å²) in [7, 11) is 0. The third-order valence-corrected chi connectivity index (χ3v) is 4.30. The van der Waals surface area contributed by atoms with Gasteiger partial charge in [-0.05, 0) is 24.3 Å². The molecular formula is C16H15BrN2O4. The van der Waals surface area contributed by atoms with E-state index in [1.165, 1.54) is 18.6 Å². The Morgan fingerprint density at radius 2 is 1.70 bits per heavy atom. The van der Waals surface area contributed by atoms with Gasteiger partial charge < -0.3 is 19.3 Å². The van der Waals surface area contributed by atoms with Crippen molar-refractivity contribution in [2.45, 2.75) is 0 Å². The van der Waals surface area contributed by atoms with E-state index in [-0.39, 0.29) is 23.1 Å². The number of rotatable bonds is 2. The summed E-state index contributed by atoms with van der Waals surface area (Å²) in [4.78, 5) is 28.1. The van der Waals surface area contributed by atoms with Crippen molar-refractivity contribution >= 4 is 27.7 Å². The van der Waals surface area contributed by atoms with Gasteiger partial charge in [0.15, 0.2) is 0 Å². The highest BCUT2D eigenvalue weighted by atomic mass is 79.9. The van der Waals surface area contributed by atoms with Crippen LogP contribution in [-0.4, -0.2) is 52.9 Å². The first-order chi connectivity index (χ1) is 11.1. The Balaban J connectivity index is 1.66. The van der Waals surface area contributed by atoms with Crippen molar-refractivity contribution in [3.05, 3.63) is 52.4 Å². The van der Waals surface area contributed by atoms with E-state index < -0.39 is 0 Å². The van der Waals surface area contributed by atoms with Crippen molar-refractivity contribution in [3.63, 3.8) is 0 Å². The number of halogens is 1. The Bertz CT molecular complexity index is 722. The van der Waals surface area contributed by atoms with Crippen molar-refractivity contribution < 1.29 is 19.1 Å². The van der Waals surface area contributed by atoms with Gasteiger partial charge in [-0.25, -0.2) is 0 Å². The van der Waals surface area contributed by atoms with E-state index in [0.29, 0.717) is 31.7 Å². The van der Waals surface area contributed by atoms with Crippen LogP contribution in [0.2, 0.25) is 0 Å². The molecule has 2 aromatic rings. The molecule has 0 bridgehead atoms. The number of nitrogens with zero attached hydrogens (tertiary/aromatic N) is 2. The van der Waals surface area contributed by atoms with E-state index >= 15 is 0 Å². The van der Waals surface area contributed by atoms with Gasteiger partial charge in [0.2, 0.25) is 0 Å². The zero-order valence-electron chi connectivity index (χ0n) is 12.2. The summed E-state index contributed by atoms with van der Waals surface area (Å²) in [6, 6.07) is 6.38. The molecule has 1 aliphatic rings. The second kappa shape index (κ2) is 6.45. The molecule has 2 heterocycles. The second-order valence-electron chi connectivity index (χ2n) is 5.26.